The van der Waals surface area contributed by atoms with E-state index in [2.05, 4.69) is 5.32 Å². The predicted molar refractivity (Wildman–Crippen MR) is 92.7 cm³/mol. The number of anilines is 1. The van der Waals surface area contributed by atoms with E-state index in [4.69, 9.17) is 4.74 Å². The van der Waals surface area contributed by atoms with Crippen LogP contribution in [0.2, 0.25) is 0 Å². The first-order chi connectivity index (χ1) is 12.2. The van der Waals surface area contributed by atoms with Gasteiger partial charge in [0.2, 0.25) is 0 Å². The van der Waals surface area contributed by atoms with Gasteiger partial charge in [-0.1, -0.05) is 11.6 Å². The van der Waals surface area contributed by atoms with Crippen molar-refractivity contribution in [1.82, 2.24) is 0 Å². The second-order valence-electron chi connectivity index (χ2n) is 6.27. The molecule has 1 unspecified atom stereocenters. The summed E-state index contributed by atoms with van der Waals surface area (Å²) in [7, 11) is 3.39. The van der Waals surface area contributed by atoms with Gasteiger partial charge in [0.05, 0.1) is 19.8 Å². The van der Waals surface area contributed by atoms with Gasteiger partial charge < -0.3 is 15.0 Å². The second-order valence-corrected chi connectivity index (χ2v) is 6.27. The zero-order valence-electron chi connectivity index (χ0n) is 15.1. The number of likely N-dealkylation sites (N-methyl/N-ethyl adjacent to an activating group) is 1. The van der Waals surface area contributed by atoms with Crippen molar-refractivity contribution < 1.29 is 27.6 Å². The highest BCUT2D eigenvalue weighted by atomic mass is 19.2. The van der Waals surface area contributed by atoms with Gasteiger partial charge >= 0.3 is 0 Å². The van der Waals surface area contributed by atoms with Gasteiger partial charge in [-0.15, -0.1) is 0 Å². The van der Waals surface area contributed by atoms with Crippen molar-refractivity contribution in [3.8, 4) is 5.75 Å². The molecule has 0 saturated carbocycles. The molecular weight excluding hydrogens is 345 g/mol. The van der Waals surface area contributed by atoms with Crippen LogP contribution in [0.15, 0.2) is 30.3 Å². The maximum Gasteiger partial charge on any atom is 0.282 e. The van der Waals surface area contributed by atoms with Gasteiger partial charge in [-0.3, -0.25) is 4.79 Å². The zero-order valence-corrected chi connectivity index (χ0v) is 15.1. The van der Waals surface area contributed by atoms with Crippen molar-refractivity contribution >= 4 is 11.6 Å². The summed E-state index contributed by atoms with van der Waals surface area (Å²) in [5.74, 6) is -4.11. The molecule has 0 spiro atoms. The summed E-state index contributed by atoms with van der Waals surface area (Å²) >= 11 is 0. The zero-order chi connectivity index (χ0) is 19.4. The fraction of sp³-hybridized carbons (Fsp3) is 0.316. The monoisotopic (exact) mass is 367 g/mol. The molecule has 0 aliphatic carbocycles. The number of ether oxygens (including phenoxy) is 1. The Morgan fingerprint density at radius 2 is 1.88 bits per heavy atom. The third-order valence-corrected chi connectivity index (χ3v) is 4.33. The fourth-order valence-corrected chi connectivity index (χ4v) is 2.59. The molecule has 0 aliphatic heterocycles. The number of hydrogen-bond donors (Lipinski definition) is 2. The number of aryl methyl sites for hydroxylation is 1. The van der Waals surface area contributed by atoms with E-state index in [-0.39, 0.29) is 5.69 Å². The van der Waals surface area contributed by atoms with Crippen LogP contribution in [0, 0.1) is 24.4 Å². The van der Waals surface area contributed by atoms with Crippen LogP contribution in [0.3, 0.4) is 0 Å². The molecule has 0 radical (unpaired) electrons. The number of nitrogens with one attached hydrogen (secondary N) is 2. The first-order valence-electron chi connectivity index (χ1n) is 8.14. The topological polar surface area (TPSA) is 42.8 Å². The lowest BCUT2D eigenvalue weighted by molar-refractivity contribution is -0.907. The van der Waals surface area contributed by atoms with Crippen molar-refractivity contribution in [2.45, 2.75) is 26.4 Å². The number of quaternary nitrogens is 1. The van der Waals surface area contributed by atoms with Crippen LogP contribution >= 0.6 is 0 Å². The summed E-state index contributed by atoms with van der Waals surface area (Å²) in [6, 6.07) is 6.97. The molecule has 0 heterocycles. The Morgan fingerprint density at radius 3 is 2.54 bits per heavy atom. The quantitative estimate of drug-likeness (QED) is 0.771. The predicted octanol–water partition coefficient (Wildman–Crippen LogP) is 2.46. The molecule has 2 aromatic rings. The number of benzene rings is 2. The Balaban J connectivity index is 2.11. The molecule has 0 bridgehead atoms. The van der Waals surface area contributed by atoms with Crippen molar-refractivity contribution in [1.29, 1.82) is 0 Å². The lowest BCUT2D eigenvalue weighted by atomic mass is 10.1. The standard InChI is InChI=1S/C19H21F3N2O2/c1-11-5-8-16(26-4)13(9-11)10-24(3)12(2)19(25)23-15-7-6-14(20)17(21)18(15)22/h5-9,12H,10H2,1-4H3,(H,23,25)/p+1/t12-/m0/s1. The molecule has 2 N–H and O–H groups in total. The summed E-state index contributed by atoms with van der Waals surface area (Å²) in [4.78, 5) is 13.2. The lowest BCUT2D eigenvalue weighted by Crippen LogP contribution is -3.12. The minimum absolute atomic E-state index is 0.387. The van der Waals surface area contributed by atoms with Gasteiger partial charge in [0.25, 0.3) is 5.91 Å². The van der Waals surface area contributed by atoms with Crippen LogP contribution in [-0.2, 0) is 11.3 Å². The molecule has 0 aliphatic rings. The first-order valence-corrected chi connectivity index (χ1v) is 8.14. The normalized spacial score (nSPS) is 13.2. The lowest BCUT2D eigenvalue weighted by Gasteiger charge is -2.22. The molecule has 2 aromatic carbocycles. The number of methoxy groups -OCH3 is 1. The number of amides is 1. The molecule has 140 valence electrons. The van der Waals surface area contributed by atoms with Gasteiger partial charge in [0.1, 0.15) is 12.3 Å². The minimum atomic E-state index is -1.61. The SMILES string of the molecule is COc1ccc(C)cc1C[NH+](C)[C@@H](C)C(=O)Nc1ccc(F)c(F)c1F. The van der Waals surface area contributed by atoms with Crippen LogP contribution in [-0.4, -0.2) is 26.1 Å². The molecular formula is C19H22F3N2O2+. The van der Waals surface area contributed by atoms with Crippen molar-refractivity contribution in [2.24, 2.45) is 0 Å². The average molecular weight is 367 g/mol. The summed E-state index contributed by atoms with van der Waals surface area (Å²) in [6.07, 6.45) is 0. The van der Waals surface area contributed by atoms with Crippen LogP contribution in [0.5, 0.6) is 5.75 Å². The molecule has 7 heteroatoms. The fourth-order valence-electron chi connectivity index (χ4n) is 2.59. The number of carbonyl (C=O) groups excluding carboxylic acids is 1. The van der Waals surface area contributed by atoms with E-state index < -0.39 is 29.4 Å². The summed E-state index contributed by atoms with van der Waals surface area (Å²) in [6.45, 7) is 4.13. The Labute approximate surface area is 150 Å². The molecule has 1 amide bonds. The van der Waals surface area contributed by atoms with Crippen LogP contribution in [0.25, 0.3) is 0 Å². The van der Waals surface area contributed by atoms with E-state index in [1.54, 1.807) is 14.0 Å². The average Bonchev–Trinajstić information content (AvgIpc) is 2.61. The van der Waals surface area contributed by atoms with E-state index in [1.807, 2.05) is 32.2 Å². The van der Waals surface area contributed by atoms with E-state index in [0.717, 1.165) is 28.2 Å². The highest BCUT2D eigenvalue weighted by molar-refractivity contribution is 5.93. The molecule has 2 rings (SSSR count). The van der Waals surface area contributed by atoms with Crippen LogP contribution < -0.4 is 15.0 Å². The number of halogens is 3. The van der Waals surface area contributed by atoms with Gasteiger partial charge in [-0.05, 0) is 38.1 Å². The Hall–Kier alpha value is -2.54. The van der Waals surface area contributed by atoms with Crippen molar-refractivity contribution in [3.05, 3.63) is 58.9 Å². The van der Waals surface area contributed by atoms with Gasteiger partial charge in [0.15, 0.2) is 23.5 Å². The maximum atomic E-state index is 13.7. The van der Waals surface area contributed by atoms with Gasteiger partial charge in [-0.2, -0.15) is 0 Å². The Morgan fingerprint density at radius 1 is 1.19 bits per heavy atom. The van der Waals surface area contributed by atoms with Gasteiger partial charge in [0, 0.05) is 5.56 Å². The van der Waals surface area contributed by atoms with E-state index in [1.165, 1.54) is 0 Å². The molecule has 4 nitrogen and oxygen atoms in total. The smallest absolute Gasteiger partial charge is 0.282 e. The maximum absolute atomic E-state index is 13.7. The largest absolute Gasteiger partial charge is 0.496 e. The van der Waals surface area contributed by atoms with E-state index >= 15 is 0 Å². The first kappa shape index (κ1) is 19.8. The minimum Gasteiger partial charge on any atom is -0.496 e. The highest BCUT2D eigenvalue weighted by Crippen LogP contribution is 2.20. The van der Waals surface area contributed by atoms with Crippen molar-refractivity contribution in [2.75, 3.05) is 19.5 Å². The van der Waals surface area contributed by atoms with Crippen LogP contribution in [0.4, 0.5) is 18.9 Å². The highest BCUT2D eigenvalue weighted by Gasteiger charge is 2.25. The number of carbonyl (C=O) groups is 1. The Kier molecular flexibility index (Phi) is 6.26. The van der Waals surface area contributed by atoms with Crippen molar-refractivity contribution in [3.63, 3.8) is 0 Å². The molecule has 0 fully saturated rings. The second kappa shape index (κ2) is 8.23. The Bertz CT molecular complexity index is 812. The molecule has 2 atom stereocenters. The summed E-state index contributed by atoms with van der Waals surface area (Å²) < 4.78 is 45.3. The van der Waals surface area contributed by atoms with E-state index in [9.17, 15) is 18.0 Å². The third-order valence-electron chi connectivity index (χ3n) is 4.33. The molecule has 0 saturated heterocycles. The number of hydrogen-bond acceptors (Lipinski definition) is 2. The van der Waals surface area contributed by atoms with Gasteiger partial charge in [-0.25, -0.2) is 13.2 Å². The molecule has 26 heavy (non-hydrogen) atoms. The third kappa shape index (κ3) is 4.35. The molecule has 0 aromatic heterocycles. The summed E-state index contributed by atoms with van der Waals surface area (Å²) in [5.41, 5.74) is 1.61. The number of rotatable bonds is 6. The summed E-state index contributed by atoms with van der Waals surface area (Å²) in [5, 5.41) is 2.31. The van der Waals surface area contributed by atoms with Crippen LogP contribution in [0.1, 0.15) is 18.1 Å². The van der Waals surface area contributed by atoms with E-state index in [0.29, 0.717) is 12.3 Å².